The molecule has 7 nitrogen and oxygen atoms in total. The molecule has 9 heteroatoms. The lowest BCUT2D eigenvalue weighted by Crippen LogP contribution is -2.50. The summed E-state index contributed by atoms with van der Waals surface area (Å²) in [6.07, 6.45) is 0. The molecular weight excluding hydrogens is 414 g/mol. The third-order valence-corrected chi connectivity index (χ3v) is 5.84. The predicted molar refractivity (Wildman–Crippen MR) is 115 cm³/mol. The molecule has 1 aromatic heterocycles. The molecule has 0 spiro atoms. The summed E-state index contributed by atoms with van der Waals surface area (Å²) in [4.78, 5) is 38.0. The summed E-state index contributed by atoms with van der Waals surface area (Å²) in [5.74, 6) is -1.04. The van der Waals surface area contributed by atoms with Crippen molar-refractivity contribution in [3.05, 3.63) is 60.3 Å². The highest BCUT2D eigenvalue weighted by molar-refractivity contribution is 7.12. The summed E-state index contributed by atoms with van der Waals surface area (Å²) < 4.78 is 0. The van der Waals surface area contributed by atoms with E-state index in [1.807, 2.05) is 40.7 Å². The topological polar surface area (TPSA) is 101 Å². The van der Waals surface area contributed by atoms with E-state index in [4.69, 9.17) is 11.6 Å². The number of carbonyl (C=O) groups is 2. The van der Waals surface area contributed by atoms with Gasteiger partial charge in [0.05, 0.1) is 21.6 Å². The van der Waals surface area contributed by atoms with Crippen molar-refractivity contribution < 1.29 is 14.5 Å². The number of aryl methyl sites for hydroxylation is 2. The van der Waals surface area contributed by atoms with E-state index in [2.05, 4.69) is 10.6 Å². The second kappa shape index (κ2) is 9.37. The van der Waals surface area contributed by atoms with Crippen LogP contribution in [0.2, 0.25) is 5.02 Å². The van der Waals surface area contributed by atoms with Crippen molar-refractivity contribution in [2.45, 2.75) is 46.7 Å². The first-order valence-electron chi connectivity index (χ1n) is 9.13. The first-order valence-corrected chi connectivity index (χ1v) is 10.3. The van der Waals surface area contributed by atoms with Crippen molar-refractivity contribution in [2.75, 3.05) is 0 Å². The second-order valence-corrected chi connectivity index (χ2v) is 9.08. The monoisotopic (exact) mass is 437 g/mol. The Labute approximate surface area is 178 Å². The van der Waals surface area contributed by atoms with E-state index in [1.165, 1.54) is 17.0 Å². The Morgan fingerprint density at radius 1 is 1.14 bits per heavy atom. The summed E-state index contributed by atoms with van der Waals surface area (Å²) in [6, 6.07) is 4.67. The van der Waals surface area contributed by atoms with Gasteiger partial charge in [0, 0.05) is 21.9 Å². The Bertz CT molecular complexity index is 942. The Morgan fingerprint density at radius 2 is 1.79 bits per heavy atom. The fraction of sp³-hybridized carbons (Fsp3) is 0.400. The van der Waals surface area contributed by atoms with Crippen molar-refractivity contribution in [1.82, 2.24) is 10.6 Å². The molecule has 2 N–H and O–H groups in total. The highest BCUT2D eigenvalue weighted by Crippen LogP contribution is 2.26. The Morgan fingerprint density at radius 3 is 2.28 bits per heavy atom. The van der Waals surface area contributed by atoms with Crippen molar-refractivity contribution in [3.8, 4) is 0 Å². The van der Waals surface area contributed by atoms with Gasteiger partial charge in [0.25, 0.3) is 11.6 Å². The lowest BCUT2D eigenvalue weighted by atomic mass is 10.0. The van der Waals surface area contributed by atoms with Crippen LogP contribution < -0.4 is 10.6 Å². The molecule has 0 fully saturated rings. The fourth-order valence-corrected chi connectivity index (χ4v) is 4.30. The van der Waals surface area contributed by atoms with Crippen molar-refractivity contribution >= 4 is 40.4 Å². The molecule has 0 aliphatic heterocycles. The molecule has 0 aliphatic rings. The fourth-order valence-electron chi connectivity index (χ4n) is 3.02. The number of nitro groups is 1. The maximum Gasteiger partial charge on any atom is 0.270 e. The third-order valence-electron chi connectivity index (χ3n) is 4.55. The lowest BCUT2D eigenvalue weighted by molar-refractivity contribution is -0.384. The molecule has 2 amide bonds. The zero-order valence-corrected chi connectivity index (χ0v) is 18.5. The van der Waals surface area contributed by atoms with Crippen LogP contribution in [0.15, 0.2) is 24.3 Å². The number of carbonyl (C=O) groups excluding carboxylic acids is 2. The van der Waals surface area contributed by atoms with Gasteiger partial charge in [-0.15, -0.1) is 11.3 Å². The molecule has 2 unspecified atom stereocenters. The van der Waals surface area contributed by atoms with E-state index in [0.29, 0.717) is 0 Å². The minimum absolute atomic E-state index is 0.0441. The van der Waals surface area contributed by atoms with E-state index in [9.17, 15) is 19.7 Å². The van der Waals surface area contributed by atoms with Gasteiger partial charge in [-0.2, -0.15) is 0 Å². The van der Waals surface area contributed by atoms with Gasteiger partial charge in [-0.25, -0.2) is 0 Å². The average Bonchev–Trinajstić information content (AvgIpc) is 2.97. The molecule has 2 rings (SSSR count). The Balaban J connectivity index is 2.15. The highest BCUT2D eigenvalue weighted by Gasteiger charge is 2.27. The number of hydrogen-bond donors (Lipinski definition) is 2. The number of hydrogen-bond acceptors (Lipinski definition) is 5. The van der Waals surface area contributed by atoms with E-state index < -0.39 is 16.9 Å². The van der Waals surface area contributed by atoms with Gasteiger partial charge in [-0.3, -0.25) is 19.7 Å². The number of nitrogens with zero attached hydrogens (tertiary/aromatic N) is 1. The molecule has 2 atom stereocenters. The number of amides is 2. The molecule has 0 aliphatic carbocycles. The van der Waals surface area contributed by atoms with Gasteiger partial charge in [0.2, 0.25) is 5.91 Å². The number of nitro benzene ring substituents is 1. The van der Waals surface area contributed by atoms with Crippen LogP contribution >= 0.6 is 22.9 Å². The summed E-state index contributed by atoms with van der Waals surface area (Å²) in [6.45, 7) is 9.58. The second-order valence-electron chi connectivity index (χ2n) is 7.22. The summed E-state index contributed by atoms with van der Waals surface area (Å²) >= 11 is 7.70. The van der Waals surface area contributed by atoms with Crippen LogP contribution in [0.25, 0.3) is 0 Å². The van der Waals surface area contributed by atoms with Gasteiger partial charge in [0.15, 0.2) is 0 Å². The normalized spacial score (nSPS) is 13.1. The van der Waals surface area contributed by atoms with Crippen LogP contribution in [-0.2, 0) is 4.79 Å². The average molecular weight is 438 g/mol. The standard InChI is InChI=1S/C20H24ClN3O4S/c1-10(2)18(20(26)22-12(4)16-8-11(3)29-13(16)5)23-19(25)15-7-6-14(24(27)28)9-17(15)21/h6-10,12,18H,1-5H3,(H,22,26)(H,23,25). The number of non-ortho nitro benzene ring substituents is 1. The van der Waals surface area contributed by atoms with Gasteiger partial charge < -0.3 is 10.6 Å². The number of nitrogens with one attached hydrogen (secondary N) is 2. The SMILES string of the molecule is Cc1cc(C(C)NC(=O)C(NC(=O)c2ccc([N+](=O)[O-])cc2Cl)C(C)C)c(C)s1. The van der Waals surface area contributed by atoms with Crippen molar-refractivity contribution in [1.29, 1.82) is 0 Å². The molecule has 0 saturated heterocycles. The van der Waals surface area contributed by atoms with Crippen molar-refractivity contribution in [3.63, 3.8) is 0 Å². The van der Waals surface area contributed by atoms with Gasteiger partial charge in [0.1, 0.15) is 6.04 Å². The minimum Gasteiger partial charge on any atom is -0.348 e. The number of thiophene rings is 1. The maximum absolute atomic E-state index is 12.8. The molecule has 29 heavy (non-hydrogen) atoms. The van der Waals surface area contributed by atoms with Gasteiger partial charge in [-0.05, 0) is 44.4 Å². The maximum atomic E-state index is 12.8. The molecule has 0 radical (unpaired) electrons. The van der Waals surface area contributed by atoms with E-state index in [0.717, 1.165) is 16.5 Å². The van der Waals surface area contributed by atoms with E-state index >= 15 is 0 Å². The van der Waals surface area contributed by atoms with Crippen LogP contribution in [-0.4, -0.2) is 22.8 Å². The Hall–Kier alpha value is -2.45. The molecule has 156 valence electrons. The van der Waals surface area contributed by atoms with Crippen LogP contribution in [0.1, 0.15) is 52.5 Å². The highest BCUT2D eigenvalue weighted by atomic mass is 35.5. The largest absolute Gasteiger partial charge is 0.348 e. The number of rotatable bonds is 7. The van der Waals surface area contributed by atoms with Crippen LogP contribution in [0, 0.1) is 29.9 Å². The molecular formula is C20H24ClN3O4S. The first-order chi connectivity index (χ1) is 13.5. The molecule has 0 saturated carbocycles. The van der Waals surface area contributed by atoms with Gasteiger partial charge in [-0.1, -0.05) is 25.4 Å². The smallest absolute Gasteiger partial charge is 0.270 e. The molecule has 1 aromatic carbocycles. The van der Waals surface area contributed by atoms with Gasteiger partial charge >= 0.3 is 0 Å². The number of halogens is 1. The van der Waals surface area contributed by atoms with Crippen LogP contribution in [0.5, 0.6) is 0 Å². The minimum atomic E-state index is -0.781. The zero-order valence-electron chi connectivity index (χ0n) is 16.9. The van der Waals surface area contributed by atoms with Crippen molar-refractivity contribution in [2.24, 2.45) is 5.92 Å². The van der Waals surface area contributed by atoms with Crippen LogP contribution in [0.3, 0.4) is 0 Å². The van der Waals surface area contributed by atoms with E-state index in [-0.39, 0.29) is 34.1 Å². The summed E-state index contributed by atoms with van der Waals surface area (Å²) in [5, 5.41) is 16.4. The van der Waals surface area contributed by atoms with E-state index in [1.54, 1.807) is 11.3 Å². The molecule has 1 heterocycles. The summed E-state index contributed by atoms with van der Waals surface area (Å²) in [7, 11) is 0. The first kappa shape index (κ1) is 22.8. The summed E-state index contributed by atoms with van der Waals surface area (Å²) in [5.41, 5.74) is 0.918. The zero-order chi connectivity index (χ0) is 21.9. The lowest BCUT2D eigenvalue weighted by Gasteiger charge is -2.24. The Kier molecular flexibility index (Phi) is 7.37. The molecule has 2 aromatic rings. The third kappa shape index (κ3) is 5.55. The number of benzene rings is 1. The van der Waals surface area contributed by atoms with Crippen LogP contribution in [0.4, 0.5) is 5.69 Å². The molecule has 0 bridgehead atoms. The predicted octanol–water partition coefficient (Wildman–Crippen LogP) is 4.56. The quantitative estimate of drug-likeness (QED) is 0.489.